The molecule has 1 aromatic heterocycles. The van der Waals surface area contributed by atoms with E-state index < -0.39 is 5.97 Å². The molecule has 0 spiro atoms. The molecule has 0 aliphatic heterocycles. The first-order chi connectivity index (χ1) is 10.0. The maximum Gasteiger partial charge on any atom is 0.337 e. The number of pyridine rings is 1. The first kappa shape index (κ1) is 14.0. The summed E-state index contributed by atoms with van der Waals surface area (Å²) in [5, 5.41) is 8.84. The van der Waals surface area contributed by atoms with Crippen LogP contribution in [0.4, 0.5) is 0 Å². The molecule has 3 atom stereocenters. The van der Waals surface area contributed by atoms with Crippen LogP contribution >= 0.6 is 0 Å². The molecule has 0 saturated heterocycles. The van der Waals surface area contributed by atoms with E-state index in [2.05, 4.69) is 4.98 Å². The SMILES string of the molecule is CN(CC1CC2CCC1C2)C(=O)c1ccc(C(=O)O)cn1. The Bertz CT molecular complexity index is 555. The van der Waals surface area contributed by atoms with E-state index in [1.807, 2.05) is 0 Å². The lowest BCUT2D eigenvalue weighted by molar-refractivity contribution is 0.0692. The van der Waals surface area contributed by atoms with Crippen molar-refractivity contribution in [2.75, 3.05) is 13.6 Å². The van der Waals surface area contributed by atoms with Crippen molar-refractivity contribution in [1.29, 1.82) is 0 Å². The molecule has 1 amide bonds. The van der Waals surface area contributed by atoms with Gasteiger partial charge in [0.15, 0.2) is 0 Å². The van der Waals surface area contributed by atoms with Gasteiger partial charge in [0, 0.05) is 19.8 Å². The molecule has 1 aromatic rings. The van der Waals surface area contributed by atoms with Gasteiger partial charge >= 0.3 is 5.97 Å². The van der Waals surface area contributed by atoms with Gasteiger partial charge in [0.1, 0.15) is 5.69 Å². The second-order valence-corrected chi connectivity index (χ2v) is 6.36. The summed E-state index contributed by atoms with van der Waals surface area (Å²) in [5.41, 5.74) is 0.410. The summed E-state index contributed by atoms with van der Waals surface area (Å²) in [4.78, 5) is 28.8. The van der Waals surface area contributed by atoms with Gasteiger partial charge in [0.05, 0.1) is 5.56 Å². The van der Waals surface area contributed by atoms with E-state index in [1.165, 1.54) is 44.0 Å². The Morgan fingerprint density at radius 2 is 2.14 bits per heavy atom. The van der Waals surface area contributed by atoms with E-state index >= 15 is 0 Å². The smallest absolute Gasteiger partial charge is 0.337 e. The van der Waals surface area contributed by atoms with Crippen molar-refractivity contribution in [1.82, 2.24) is 9.88 Å². The first-order valence-corrected chi connectivity index (χ1v) is 7.49. The van der Waals surface area contributed by atoms with Crippen LogP contribution in [0, 0.1) is 17.8 Å². The van der Waals surface area contributed by atoms with Crippen LogP contribution in [0.3, 0.4) is 0 Å². The van der Waals surface area contributed by atoms with Crippen molar-refractivity contribution < 1.29 is 14.7 Å². The quantitative estimate of drug-likeness (QED) is 0.922. The maximum atomic E-state index is 12.3. The second kappa shape index (κ2) is 5.47. The van der Waals surface area contributed by atoms with E-state index in [0.717, 1.165) is 18.4 Å². The third kappa shape index (κ3) is 2.77. The monoisotopic (exact) mass is 288 g/mol. The van der Waals surface area contributed by atoms with Crippen LogP contribution in [0.15, 0.2) is 18.3 Å². The summed E-state index contributed by atoms with van der Waals surface area (Å²) in [6.07, 6.45) is 6.48. The van der Waals surface area contributed by atoms with Gasteiger partial charge in [-0.1, -0.05) is 6.42 Å². The van der Waals surface area contributed by atoms with Gasteiger partial charge in [-0.05, 0) is 49.1 Å². The minimum Gasteiger partial charge on any atom is -0.478 e. The van der Waals surface area contributed by atoms with Gasteiger partial charge < -0.3 is 10.0 Å². The maximum absolute atomic E-state index is 12.3. The zero-order valence-electron chi connectivity index (χ0n) is 12.2. The number of carboxylic acids is 1. The van der Waals surface area contributed by atoms with Crippen LogP contribution in [0.5, 0.6) is 0 Å². The number of hydrogen-bond acceptors (Lipinski definition) is 3. The van der Waals surface area contributed by atoms with Crippen LogP contribution in [-0.2, 0) is 0 Å². The normalized spacial score (nSPS) is 26.8. The zero-order valence-corrected chi connectivity index (χ0v) is 12.2. The number of carbonyl (C=O) groups excluding carboxylic acids is 1. The summed E-state index contributed by atoms with van der Waals surface area (Å²) in [6, 6.07) is 2.91. The van der Waals surface area contributed by atoms with E-state index in [4.69, 9.17) is 5.11 Å². The van der Waals surface area contributed by atoms with E-state index in [0.29, 0.717) is 11.6 Å². The van der Waals surface area contributed by atoms with Crippen LogP contribution in [0.25, 0.3) is 0 Å². The third-order valence-corrected chi connectivity index (χ3v) is 4.97. The first-order valence-electron chi connectivity index (χ1n) is 7.49. The number of carbonyl (C=O) groups is 2. The summed E-state index contributed by atoms with van der Waals surface area (Å²) < 4.78 is 0. The molecular weight excluding hydrogens is 268 g/mol. The molecule has 5 nitrogen and oxygen atoms in total. The Morgan fingerprint density at radius 1 is 1.33 bits per heavy atom. The zero-order chi connectivity index (χ0) is 15.0. The summed E-state index contributed by atoms with van der Waals surface area (Å²) >= 11 is 0. The molecule has 3 rings (SSSR count). The summed E-state index contributed by atoms with van der Waals surface area (Å²) in [7, 11) is 1.81. The largest absolute Gasteiger partial charge is 0.478 e. The molecule has 3 unspecified atom stereocenters. The van der Waals surface area contributed by atoms with E-state index in [9.17, 15) is 9.59 Å². The number of rotatable bonds is 4. The summed E-state index contributed by atoms with van der Waals surface area (Å²) in [6.45, 7) is 0.780. The van der Waals surface area contributed by atoms with Crippen molar-refractivity contribution in [2.45, 2.75) is 25.7 Å². The number of hydrogen-bond donors (Lipinski definition) is 1. The Kier molecular flexibility index (Phi) is 3.66. The molecule has 0 aromatic carbocycles. The highest BCUT2D eigenvalue weighted by molar-refractivity contribution is 5.93. The Balaban J connectivity index is 1.62. The fourth-order valence-electron chi connectivity index (χ4n) is 3.88. The predicted octanol–water partition coefficient (Wildman–Crippen LogP) is 2.29. The molecule has 1 N–H and O–H groups in total. The molecular formula is C16H20N2O3. The van der Waals surface area contributed by atoms with Gasteiger partial charge in [-0.25, -0.2) is 4.79 Å². The van der Waals surface area contributed by atoms with Crippen LogP contribution in [-0.4, -0.2) is 40.5 Å². The standard InChI is InChI=1S/C16H20N2O3/c1-18(9-13-7-10-2-3-11(13)6-10)15(19)14-5-4-12(8-17-14)16(20)21/h4-5,8,10-11,13H,2-3,6-7,9H2,1H3,(H,20,21). The molecule has 0 radical (unpaired) electrons. The highest BCUT2D eigenvalue weighted by atomic mass is 16.4. The molecule has 2 aliphatic carbocycles. The molecule has 21 heavy (non-hydrogen) atoms. The molecule has 112 valence electrons. The fraction of sp³-hybridized carbons (Fsp3) is 0.562. The number of aromatic nitrogens is 1. The number of aromatic carboxylic acids is 1. The predicted molar refractivity (Wildman–Crippen MR) is 77.1 cm³/mol. The van der Waals surface area contributed by atoms with Crippen molar-refractivity contribution in [2.24, 2.45) is 17.8 Å². The van der Waals surface area contributed by atoms with Crippen LogP contribution in [0.1, 0.15) is 46.5 Å². The van der Waals surface area contributed by atoms with E-state index in [-0.39, 0.29) is 11.5 Å². The number of nitrogens with zero attached hydrogens (tertiary/aromatic N) is 2. The summed E-state index contributed by atoms with van der Waals surface area (Å²) in [5.74, 6) is 1.12. The van der Waals surface area contributed by atoms with Crippen molar-refractivity contribution in [3.8, 4) is 0 Å². The molecule has 2 aliphatic rings. The number of carboxylic acid groups (broad SMARTS) is 1. The Morgan fingerprint density at radius 3 is 2.67 bits per heavy atom. The average Bonchev–Trinajstić information content (AvgIpc) is 3.09. The van der Waals surface area contributed by atoms with Crippen LogP contribution < -0.4 is 0 Å². The van der Waals surface area contributed by atoms with E-state index in [1.54, 1.807) is 11.9 Å². The van der Waals surface area contributed by atoms with Gasteiger partial charge in [0.25, 0.3) is 5.91 Å². The van der Waals surface area contributed by atoms with Gasteiger partial charge in [0.2, 0.25) is 0 Å². The molecule has 2 bridgehead atoms. The molecule has 2 saturated carbocycles. The van der Waals surface area contributed by atoms with Crippen molar-refractivity contribution in [3.05, 3.63) is 29.6 Å². The average molecular weight is 288 g/mol. The molecule has 1 heterocycles. The number of amides is 1. The van der Waals surface area contributed by atoms with Gasteiger partial charge in [-0.2, -0.15) is 0 Å². The lowest BCUT2D eigenvalue weighted by Gasteiger charge is -2.27. The highest BCUT2D eigenvalue weighted by Crippen LogP contribution is 2.48. The fourth-order valence-corrected chi connectivity index (χ4v) is 3.88. The highest BCUT2D eigenvalue weighted by Gasteiger charge is 2.40. The molecule has 2 fully saturated rings. The van der Waals surface area contributed by atoms with Gasteiger partial charge in [-0.3, -0.25) is 9.78 Å². The Hall–Kier alpha value is -1.91. The minimum atomic E-state index is -1.03. The number of fused-ring (bicyclic) bond motifs is 2. The minimum absolute atomic E-state index is 0.0994. The van der Waals surface area contributed by atoms with Gasteiger partial charge in [-0.15, -0.1) is 0 Å². The Labute approximate surface area is 124 Å². The second-order valence-electron chi connectivity index (χ2n) is 6.36. The van der Waals surface area contributed by atoms with Crippen molar-refractivity contribution in [3.63, 3.8) is 0 Å². The van der Waals surface area contributed by atoms with Crippen LogP contribution in [0.2, 0.25) is 0 Å². The lowest BCUT2D eigenvalue weighted by Crippen LogP contribution is -2.34. The van der Waals surface area contributed by atoms with Crippen molar-refractivity contribution >= 4 is 11.9 Å². The molecule has 5 heteroatoms. The lowest BCUT2D eigenvalue weighted by atomic mass is 9.88. The topological polar surface area (TPSA) is 70.5 Å². The third-order valence-electron chi connectivity index (χ3n) is 4.97.